The van der Waals surface area contributed by atoms with Crippen LogP contribution in [0.25, 0.3) is 22.4 Å². The van der Waals surface area contributed by atoms with Crippen LogP contribution in [0.5, 0.6) is 5.75 Å². The van der Waals surface area contributed by atoms with E-state index in [1.807, 2.05) is 17.6 Å². The third kappa shape index (κ3) is 1.94. The summed E-state index contributed by atoms with van der Waals surface area (Å²) < 4.78 is 2.03. The highest BCUT2D eigenvalue weighted by molar-refractivity contribution is 6.30. The molecule has 3 rings (SSSR count). The van der Waals surface area contributed by atoms with Crippen molar-refractivity contribution in [2.75, 3.05) is 0 Å². The fourth-order valence-electron chi connectivity index (χ4n) is 2.19. The molecule has 0 atom stereocenters. The van der Waals surface area contributed by atoms with Crippen LogP contribution in [-0.4, -0.2) is 19.6 Å². The zero-order valence-corrected chi connectivity index (χ0v) is 11.1. The summed E-state index contributed by atoms with van der Waals surface area (Å²) in [5, 5.41) is 10.6. The number of nitrogens with zero attached hydrogens (tertiary/aromatic N) is 3. The van der Waals surface area contributed by atoms with Crippen LogP contribution in [0.1, 0.15) is 6.92 Å². The maximum atomic E-state index is 10.0. The number of pyridine rings is 1. The normalized spacial score (nSPS) is 11.1. The van der Waals surface area contributed by atoms with Gasteiger partial charge in [0.25, 0.3) is 0 Å². The molecular weight excluding hydrogens is 262 g/mol. The summed E-state index contributed by atoms with van der Waals surface area (Å²) in [4.78, 5) is 8.61. The molecule has 0 spiro atoms. The van der Waals surface area contributed by atoms with E-state index in [9.17, 15) is 5.11 Å². The predicted octanol–water partition coefficient (Wildman–Crippen LogP) is 3.48. The van der Waals surface area contributed by atoms with Crippen molar-refractivity contribution in [3.63, 3.8) is 0 Å². The van der Waals surface area contributed by atoms with Gasteiger partial charge in [-0.1, -0.05) is 11.6 Å². The number of rotatable bonds is 2. The molecular formula is C14H12ClN3O. The lowest BCUT2D eigenvalue weighted by Crippen LogP contribution is -1.97. The molecule has 96 valence electrons. The third-order valence-electron chi connectivity index (χ3n) is 3.07. The maximum Gasteiger partial charge on any atom is 0.144 e. The van der Waals surface area contributed by atoms with Crippen molar-refractivity contribution in [3.05, 3.63) is 41.7 Å². The quantitative estimate of drug-likeness (QED) is 0.778. The fraction of sp³-hybridized carbons (Fsp3) is 0.143. The molecule has 5 heteroatoms. The maximum absolute atomic E-state index is 10.0. The number of halogens is 1. The van der Waals surface area contributed by atoms with E-state index >= 15 is 0 Å². The molecule has 0 saturated carbocycles. The highest BCUT2D eigenvalue weighted by Crippen LogP contribution is 2.33. The number of benzene rings is 1. The Morgan fingerprint density at radius 1 is 1.32 bits per heavy atom. The standard InChI is InChI=1S/C14H12ClN3O/c1-2-18-12-5-6-16-8-11(12)17-14(18)10-7-9(15)3-4-13(10)19/h3-8,19H,2H2,1H3. The van der Waals surface area contributed by atoms with Crippen LogP contribution < -0.4 is 0 Å². The molecule has 0 fully saturated rings. The molecule has 0 amide bonds. The van der Waals surface area contributed by atoms with Gasteiger partial charge in [-0.15, -0.1) is 0 Å². The van der Waals surface area contributed by atoms with E-state index in [1.54, 1.807) is 30.6 Å². The van der Waals surface area contributed by atoms with Gasteiger partial charge in [-0.05, 0) is 31.2 Å². The van der Waals surface area contributed by atoms with E-state index in [0.29, 0.717) is 16.4 Å². The molecule has 0 aliphatic rings. The largest absolute Gasteiger partial charge is 0.507 e. The first-order valence-corrected chi connectivity index (χ1v) is 6.37. The van der Waals surface area contributed by atoms with Gasteiger partial charge >= 0.3 is 0 Å². The van der Waals surface area contributed by atoms with Crippen LogP contribution in [0.15, 0.2) is 36.7 Å². The molecule has 0 unspecified atom stereocenters. The van der Waals surface area contributed by atoms with Gasteiger partial charge in [0.15, 0.2) is 0 Å². The second-order valence-corrected chi connectivity index (χ2v) is 4.64. The molecule has 19 heavy (non-hydrogen) atoms. The van der Waals surface area contributed by atoms with Crippen molar-refractivity contribution in [1.29, 1.82) is 0 Å². The Morgan fingerprint density at radius 2 is 2.16 bits per heavy atom. The minimum atomic E-state index is 0.169. The molecule has 0 saturated heterocycles. The van der Waals surface area contributed by atoms with Crippen molar-refractivity contribution in [3.8, 4) is 17.1 Å². The van der Waals surface area contributed by atoms with E-state index in [4.69, 9.17) is 11.6 Å². The smallest absolute Gasteiger partial charge is 0.144 e. The van der Waals surface area contributed by atoms with E-state index in [2.05, 4.69) is 9.97 Å². The van der Waals surface area contributed by atoms with Crippen LogP contribution in [0.4, 0.5) is 0 Å². The van der Waals surface area contributed by atoms with E-state index in [-0.39, 0.29) is 5.75 Å². The first kappa shape index (κ1) is 12.0. The molecule has 1 aromatic carbocycles. The van der Waals surface area contributed by atoms with E-state index in [0.717, 1.165) is 17.6 Å². The average molecular weight is 274 g/mol. The molecule has 2 aromatic heterocycles. The summed E-state index contributed by atoms with van der Waals surface area (Å²) in [5.74, 6) is 0.868. The summed E-state index contributed by atoms with van der Waals surface area (Å²) in [6.45, 7) is 2.79. The first-order valence-electron chi connectivity index (χ1n) is 6.00. The molecule has 0 aliphatic carbocycles. The highest BCUT2D eigenvalue weighted by atomic mass is 35.5. The highest BCUT2D eigenvalue weighted by Gasteiger charge is 2.14. The summed E-state index contributed by atoms with van der Waals surface area (Å²) in [7, 11) is 0. The Balaban J connectivity index is 2.33. The Bertz CT molecular complexity index is 752. The number of phenolic OH excluding ortho intramolecular Hbond substituents is 1. The Labute approximate surface area is 115 Å². The Kier molecular flexibility index (Phi) is 2.87. The predicted molar refractivity (Wildman–Crippen MR) is 75.3 cm³/mol. The number of hydrogen-bond acceptors (Lipinski definition) is 3. The topological polar surface area (TPSA) is 50.9 Å². The zero-order valence-electron chi connectivity index (χ0n) is 10.3. The van der Waals surface area contributed by atoms with E-state index < -0.39 is 0 Å². The second kappa shape index (κ2) is 4.55. The van der Waals surface area contributed by atoms with Crippen molar-refractivity contribution < 1.29 is 5.11 Å². The number of fused-ring (bicyclic) bond motifs is 1. The average Bonchev–Trinajstić information content (AvgIpc) is 2.79. The summed E-state index contributed by atoms with van der Waals surface area (Å²) in [5.41, 5.74) is 2.43. The minimum Gasteiger partial charge on any atom is -0.507 e. The molecule has 2 heterocycles. The van der Waals surface area contributed by atoms with Crippen LogP contribution in [0.3, 0.4) is 0 Å². The van der Waals surface area contributed by atoms with Gasteiger partial charge < -0.3 is 9.67 Å². The SMILES string of the molecule is CCn1c(-c2cc(Cl)ccc2O)nc2cnccc21. The van der Waals surface area contributed by atoms with Gasteiger partial charge in [0.2, 0.25) is 0 Å². The third-order valence-corrected chi connectivity index (χ3v) is 3.30. The zero-order chi connectivity index (χ0) is 13.4. The Morgan fingerprint density at radius 3 is 2.95 bits per heavy atom. The van der Waals surface area contributed by atoms with Crippen molar-refractivity contribution in [1.82, 2.24) is 14.5 Å². The number of hydrogen-bond donors (Lipinski definition) is 1. The van der Waals surface area contributed by atoms with Crippen molar-refractivity contribution >= 4 is 22.6 Å². The lowest BCUT2D eigenvalue weighted by Gasteiger charge is -2.08. The number of aromatic nitrogens is 3. The molecule has 0 aliphatic heterocycles. The van der Waals surface area contributed by atoms with Crippen molar-refractivity contribution in [2.45, 2.75) is 13.5 Å². The van der Waals surface area contributed by atoms with Crippen LogP contribution in [0.2, 0.25) is 5.02 Å². The molecule has 1 N–H and O–H groups in total. The fourth-order valence-corrected chi connectivity index (χ4v) is 2.37. The number of imidazole rings is 1. The molecule has 4 nitrogen and oxygen atoms in total. The van der Waals surface area contributed by atoms with Crippen molar-refractivity contribution in [2.24, 2.45) is 0 Å². The second-order valence-electron chi connectivity index (χ2n) is 4.21. The van der Waals surface area contributed by atoms with Crippen LogP contribution >= 0.6 is 11.6 Å². The summed E-state index contributed by atoms with van der Waals surface area (Å²) in [6.07, 6.45) is 3.45. The molecule has 0 bridgehead atoms. The number of aryl methyl sites for hydroxylation is 1. The Hall–Kier alpha value is -2.07. The van der Waals surface area contributed by atoms with Gasteiger partial charge in [0.1, 0.15) is 17.1 Å². The van der Waals surface area contributed by atoms with Gasteiger partial charge in [-0.3, -0.25) is 4.98 Å². The molecule has 3 aromatic rings. The lowest BCUT2D eigenvalue weighted by molar-refractivity contribution is 0.476. The van der Waals surface area contributed by atoms with E-state index in [1.165, 1.54) is 0 Å². The van der Waals surface area contributed by atoms with Crippen LogP contribution in [-0.2, 0) is 6.54 Å². The van der Waals surface area contributed by atoms with Gasteiger partial charge in [0, 0.05) is 17.8 Å². The monoisotopic (exact) mass is 273 g/mol. The number of aromatic hydroxyl groups is 1. The summed E-state index contributed by atoms with van der Waals surface area (Å²) in [6, 6.07) is 6.87. The lowest BCUT2D eigenvalue weighted by atomic mass is 10.2. The van der Waals surface area contributed by atoms with Crippen LogP contribution in [0, 0.1) is 0 Å². The van der Waals surface area contributed by atoms with Gasteiger partial charge in [-0.2, -0.15) is 0 Å². The minimum absolute atomic E-state index is 0.169. The first-order chi connectivity index (χ1) is 9.20. The molecule has 0 radical (unpaired) electrons. The summed E-state index contributed by atoms with van der Waals surface area (Å²) >= 11 is 6.00. The van der Waals surface area contributed by atoms with Gasteiger partial charge in [0.05, 0.1) is 17.3 Å². The van der Waals surface area contributed by atoms with Gasteiger partial charge in [-0.25, -0.2) is 4.98 Å². The number of phenols is 1.